The summed E-state index contributed by atoms with van der Waals surface area (Å²) in [5, 5.41) is 20.2. The lowest BCUT2D eigenvalue weighted by Gasteiger charge is -2.12. The van der Waals surface area contributed by atoms with Crippen molar-refractivity contribution in [2.24, 2.45) is 10.2 Å². The maximum absolute atomic E-state index is 13.0. The molecule has 1 aromatic heterocycles. The van der Waals surface area contributed by atoms with Crippen LogP contribution in [0.25, 0.3) is 10.9 Å². The first-order chi connectivity index (χ1) is 11.9. The van der Waals surface area contributed by atoms with E-state index in [1.54, 1.807) is 24.3 Å². The summed E-state index contributed by atoms with van der Waals surface area (Å²) in [4.78, 5) is 2.72. The summed E-state index contributed by atoms with van der Waals surface area (Å²) in [6, 6.07) is 11.9. The second kappa shape index (κ2) is 6.52. The first kappa shape index (κ1) is 16.9. The molecule has 1 heterocycles. The molecular weight excluding hydrogens is 353 g/mol. The van der Waals surface area contributed by atoms with Crippen LogP contribution >= 0.6 is 12.2 Å². The highest BCUT2D eigenvalue weighted by atomic mass is 32.1. The first-order valence-corrected chi connectivity index (χ1v) is 7.45. The van der Waals surface area contributed by atoms with Gasteiger partial charge < -0.3 is 15.4 Å². The number of H-pyrrole nitrogens is 1. The topological polar surface area (TPSA) is 72.8 Å². The molecule has 0 fully saturated rings. The van der Waals surface area contributed by atoms with Crippen LogP contribution in [-0.2, 0) is 6.18 Å². The predicted molar refractivity (Wildman–Crippen MR) is 92.1 cm³/mol. The molecule has 25 heavy (non-hydrogen) atoms. The van der Waals surface area contributed by atoms with Gasteiger partial charge in [0.05, 0.1) is 16.8 Å². The third kappa shape index (κ3) is 3.61. The number of azo groups is 1. The molecule has 0 amide bonds. The Hall–Kier alpha value is -2.94. The number of hydrogen-bond donors (Lipinski definition) is 3. The minimum atomic E-state index is -4.52. The van der Waals surface area contributed by atoms with Crippen LogP contribution in [-0.4, -0.2) is 15.2 Å². The van der Waals surface area contributed by atoms with Crippen LogP contribution in [0, 0.1) is 0 Å². The lowest BCUT2D eigenvalue weighted by molar-refractivity contribution is -0.136. The van der Waals surface area contributed by atoms with Crippen LogP contribution in [0.3, 0.4) is 0 Å². The number of nitrogens with one attached hydrogen (secondary N) is 2. The predicted octanol–water partition coefficient (Wildman–Crippen LogP) is 5.37. The van der Waals surface area contributed by atoms with Gasteiger partial charge in [-0.05, 0) is 30.4 Å². The van der Waals surface area contributed by atoms with Crippen molar-refractivity contribution in [1.82, 2.24) is 4.98 Å². The number of aromatic nitrogens is 1. The molecule has 3 rings (SSSR count). The van der Waals surface area contributed by atoms with Gasteiger partial charge in [0.2, 0.25) is 11.0 Å². The Morgan fingerprint density at radius 2 is 1.76 bits per heavy atom. The maximum atomic E-state index is 13.0. The fraction of sp³-hybridized carbons (Fsp3) is 0.0625. The highest BCUT2D eigenvalue weighted by Gasteiger charge is 2.33. The summed E-state index contributed by atoms with van der Waals surface area (Å²) in [7, 11) is 0. The molecule has 0 atom stereocenters. The summed E-state index contributed by atoms with van der Waals surface area (Å²) < 4.78 is 38.9. The quantitative estimate of drug-likeness (QED) is 0.423. The van der Waals surface area contributed by atoms with Gasteiger partial charge in [-0.25, -0.2) is 0 Å². The minimum Gasteiger partial charge on any atom is -0.493 e. The van der Waals surface area contributed by atoms with Crippen LogP contribution in [0.5, 0.6) is 5.88 Å². The van der Waals surface area contributed by atoms with Gasteiger partial charge in [0.25, 0.3) is 0 Å². The van der Waals surface area contributed by atoms with Crippen LogP contribution in [0.15, 0.2) is 58.8 Å². The molecule has 0 radical (unpaired) electrons. The zero-order valence-corrected chi connectivity index (χ0v) is 13.3. The molecule has 0 bridgehead atoms. The molecule has 0 saturated carbocycles. The van der Waals surface area contributed by atoms with E-state index in [-0.39, 0.29) is 22.4 Å². The van der Waals surface area contributed by atoms with E-state index in [1.165, 1.54) is 18.2 Å². The van der Waals surface area contributed by atoms with E-state index < -0.39 is 11.7 Å². The number of alkyl halides is 3. The number of nitrogens with zero attached hydrogens (tertiary/aromatic N) is 2. The number of para-hydroxylation sites is 2. The first-order valence-electron chi connectivity index (χ1n) is 7.05. The summed E-state index contributed by atoms with van der Waals surface area (Å²) in [5.74, 6) is -0.205. The molecule has 0 spiro atoms. The summed E-state index contributed by atoms with van der Waals surface area (Å²) >= 11 is 4.93. The zero-order valence-electron chi connectivity index (χ0n) is 12.5. The molecule has 0 aliphatic heterocycles. The Labute approximate surface area is 145 Å². The van der Waals surface area contributed by atoms with E-state index in [0.29, 0.717) is 10.9 Å². The van der Waals surface area contributed by atoms with Crippen molar-refractivity contribution in [2.45, 2.75) is 6.18 Å². The van der Waals surface area contributed by atoms with E-state index >= 15 is 0 Å². The molecule has 0 aliphatic carbocycles. The molecular formula is C16H11F3N4OS. The second-order valence-corrected chi connectivity index (χ2v) is 5.43. The summed E-state index contributed by atoms with van der Waals surface area (Å²) in [6.45, 7) is 0. The van der Waals surface area contributed by atoms with Crippen molar-refractivity contribution >= 4 is 39.6 Å². The number of benzene rings is 2. The fourth-order valence-electron chi connectivity index (χ4n) is 2.29. The number of aromatic amines is 1. The number of hydrogen-bond acceptors (Lipinski definition) is 3. The van der Waals surface area contributed by atoms with Crippen molar-refractivity contribution < 1.29 is 18.3 Å². The van der Waals surface area contributed by atoms with Crippen molar-refractivity contribution in [3.8, 4) is 5.88 Å². The monoisotopic (exact) mass is 364 g/mol. The van der Waals surface area contributed by atoms with Gasteiger partial charge in [0.15, 0.2) is 5.69 Å². The van der Waals surface area contributed by atoms with Crippen LogP contribution in [0.4, 0.5) is 24.5 Å². The van der Waals surface area contributed by atoms with E-state index in [1.807, 2.05) is 0 Å². The van der Waals surface area contributed by atoms with Gasteiger partial charge in [0.1, 0.15) is 0 Å². The number of anilines is 1. The highest BCUT2D eigenvalue weighted by Crippen LogP contribution is 2.36. The van der Waals surface area contributed by atoms with Crippen molar-refractivity contribution in [1.29, 1.82) is 0 Å². The normalized spacial score (nSPS) is 12.0. The Balaban J connectivity index is 1.84. The van der Waals surface area contributed by atoms with E-state index in [9.17, 15) is 18.3 Å². The molecule has 0 saturated heterocycles. The Kier molecular flexibility index (Phi) is 4.41. The average Bonchev–Trinajstić information content (AvgIpc) is 2.87. The average molecular weight is 364 g/mol. The molecule has 0 unspecified atom stereocenters. The van der Waals surface area contributed by atoms with E-state index in [4.69, 9.17) is 12.2 Å². The third-order valence-electron chi connectivity index (χ3n) is 3.37. The Morgan fingerprint density at radius 3 is 2.52 bits per heavy atom. The SMILES string of the molecule is Oc1[nH]c2ccccc2c1N=NC(=S)Nc1ccccc1C(F)(F)F. The smallest absolute Gasteiger partial charge is 0.418 e. The number of rotatable bonds is 2. The molecule has 9 heteroatoms. The lowest BCUT2D eigenvalue weighted by atomic mass is 10.2. The van der Waals surface area contributed by atoms with E-state index in [0.717, 1.165) is 6.07 Å². The number of fused-ring (bicyclic) bond motifs is 1. The molecule has 3 N–H and O–H groups in total. The number of halogens is 3. The van der Waals surface area contributed by atoms with Crippen molar-refractivity contribution in [3.05, 3.63) is 54.1 Å². The molecule has 3 aromatic rings. The Bertz CT molecular complexity index is 965. The molecule has 0 aliphatic rings. The highest BCUT2D eigenvalue weighted by molar-refractivity contribution is 7.80. The fourth-order valence-corrected chi connectivity index (χ4v) is 2.44. The Morgan fingerprint density at radius 1 is 1.08 bits per heavy atom. The molecule has 2 aromatic carbocycles. The van der Waals surface area contributed by atoms with Gasteiger partial charge in [-0.15, -0.1) is 10.2 Å². The minimum absolute atomic E-state index is 0.156. The third-order valence-corrected chi connectivity index (χ3v) is 3.56. The molecule has 5 nitrogen and oxygen atoms in total. The van der Waals surface area contributed by atoms with Gasteiger partial charge in [0, 0.05) is 5.39 Å². The summed E-state index contributed by atoms with van der Waals surface area (Å²) in [6.07, 6.45) is -4.52. The zero-order chi connectivity index (χ0) is 18.0. The largest absolute Gasteiger partial charge is 0.493 e. The summed E-state index contributed by atoms with van der Waals surface area (Å²) in [5.41, 5.74) is -0.274. The van der Waals surface area contributed by atoms with Crippen LogP contribution in [0.1, 0.15) is 5.56 Å². The van der Waals surface area contributed by atoms with Gasteiger partial charge >= 0.3 is 6.18 Å². The number of thiocarbonyl (C=S) groups is 1. The van der Waals surface area contributed by atoms with Crippen LogP contribution in [0.2, 0.25) is 0 Å². The standard InChI is InChI=1S/C16H11F3N4OS/c17-16(18,19)10-6-2-4-8-12(10)21-15(25)23-22-13-9-5-1-3-7-11(9)20-14(13)24/h1-8,20,24H,(H,21,25). The van der Waals surface area contributed by atoms with Gasteiger partial charge in [-0.1, -0.05) is 30.3 Å². The van der Waals surface area contributed by atoms with Crippen molar-refractivity contribution in [3.63, 3.8) is 0 Å². The van der Waals surface area contributed by atoms with E-state index in [2.05, 4.69) is 20.5 Å². The van der Waals surface area contributed by atoms with Gasteiger partial charge in [-0.2, -0.15) is 13.2 Å². The van der Waals surface area contributed by atoms with Crippen molar-refractivity contribution in [2.75, 3.05) is 5.32 Å². The number of aromatic hydroxyl groups is 1. The van der Waals surface area contributed by atoms with Gasteiger partial charge in [-0.3, -0.25) is 0 Å². The molecule has 128 valence electrons. The second-order valence-electron chi connectivity index (χ2n) is 5.04. The lowest BCUT2D eigenvalue weighted by Crippen LogP contribution is -2.13. The van der Waals surface area contributed by atoms with Crippen LogP contribution < -0.4 is 5.32 Å². The maximum Gasteiger partial charge on any atom is 0.418 e.